The van der Waals surface area contributed by atoms with Gasteiger partial charge in [-0.2, -0.15) is 5.26 Å². The summed E-state index contributed by atoms with van der Waals surface area (Å²) in [5.74, 6) is -1.56. The van der Waals surface area contributed by atoms with Crippen molar-refractivity contribution in [2.45, 2.75) is 39.2 Å². The third-order valence-electron chi connectivity index (χ3n) is 4.91. The van der Waals surface area contributed by atoms with Gasteiger partial charge in [-0.25, -0.2) is 0 Å². The Morgan fingerprint density at radius 1 is 1.30 bits per heavy atom. The zero-order valence-corrected chi connectivity index (χ0v) is 16.2. The summed E-state index contributed by atoms with van der Waals surface area (Å²) in [5, 5.41) is 13.8. The van der Waals surface area contributed by atoms with Crippen LogP contribution in [0, 0.1) is 23.2 Å². The van der Waals surface area contributed by atoms with Gasteiger partial charge in [-0.15, -0.1) is 11.3 Å². The molecule has 0 radical (unpaired) electrons. The number of nitrogens with one attached hydrogen (secondary N) is 1. The summed E-state index contributed by atoms with van der Waals surface area (Å²) >= 11 is 1.38. The van der Waals surface area contributed by atoms with Crippen molar-refractivity contribution < 1.29 is 14.3 Å². The Hall–Kier alpha value is -2.65. The largest absolute Gasteiger partial charge is 0.462 e. The van der Waals surface area contributed by atoms with Crippen molar-refractivity contribution in [1.82, 2.24) is 0 Å². The lowest BCUT2D eigenvalue weighted by Gasteiger charge is -2.27. The lowest BCUT2D eigenvalue weighted by atomic mass is 9.82. The summed E-state index contributed by atoms with van der Waals surface area (Å²) in [6, 6.07) is 9.75. The van der Waals surface area contributed by atoms with E-state index in [9.17, 15) is 14.9 Å². The number of nitriles is 1. The molecule has 6 heteroatoms. The van der Waals surface area contributed by atoms with Crippen molar-refractivity contribution >= 4 is 38.3 Å². The summed E-state index contributed by atoms with van der Waals surface area (Å²) in [6.07, 6.45) is 5.39. The number of nitrogens with zero attached hydrogens (tertiary/aromatic N) is 1. The molecule has 3 atom stereocenters. The predicted octanol–water partition coefficient (Wildman–Crippen LogP) is 4.64. The van der Waals surface area contributed by atoms with E-state index in [0.29, 0.717) is 23.4 Å². The number of amides is 1. The van der Waals surface area contributed by atoms with Gasteiger partial charge >= 0.3 is 5.97 Å². The summed E-state index contributed by atoms with van der Waals surface area (Å²) in [7, 11) is 0. The van der Waals surface area contributed by atoms with E-state index in [1.807, 2.05) is 50.3 Å². The van der Waals surface area contributed by atoms with Crippen molar-refractivity contribution in [1.29, 1.82) is 5.26 Å². The monoisotopic (exact) mass is 382 g/mol. The quantitative estimate of drug-likeness (QED) is 0.604. The molecule has 1 heterocycles. The Kier molecular flexibility index (Phi) is 5.92. The van der Waals surface area contributed by atoms with Crippen LogP contribution in [-0.2, 0) is 14.3 Å². The highest BCUT2D eigenvalue weighted by Gasteiger charge is 2.36. The fourth-order valence-electron chi connectivity index (χ4n) is 3.18. The van der Waals surface area contributed by atoms with E-state index in [2.05, 4.69) is 11.4 Å². The van der Waals surface area contributed by atoms with Crippen LogP contribution in [0.4, 0.5) is 5.00 Å². The number of carbonyl (C=O) groups excluding carboxylic acids is 2. The number of ether oxygens (including phenoxy) is 1. The molecule has 1 aromatic carbocycles. The molecule has 0 saturated heterocycles. The number of rotatable bonds is 5. The summed E-state index contributed by atoms with van der Waals surface area (Å²) in [6.45, 7) is 3.80. The van der Waals surface area contributed by atoms with E-state index in [-0.39, 0.29) is 18.0 Å². The van der Waals surface area contributed by atoms with Crippen LogP contribution in [0.3, 0.4) is 0 Å². The van der Waals surface area contributed by atoms with Gasteiger partial charge in [0.2, 0.25) is 5.91 Å². The Labute approximate surface area is 162 Å². The molecule has 0 unspecified atom stereocenters. The van der Waals surface area contributed by atoms with Crippen LogP contribution < -0.4 is 5.32 Å². The molecule has 0 bridgehead atoms. The van der Waals surface area contributed by atoms with Gasteiger partial charge in [0, 0.05) is 10.1 Å². The Bertz CT molecular complexity index is 925. The van der Waals surface area contributed by atoms with Crippen LogP contribution in [0.2, 0.25) is 0 Å². The second-order valence-corrected chi connectivity index (χ2v) is 7.77. The highest BCUT2D eigenvalue weighted by Crippen LogP contribution is 2.36. The maximum atomic E-state index is 12.9. The van der Waals surface area contributed by atoms with Crippen LogP contribution in [0.25, 0.3) is 10.1 Å². The maximum absolute atomic E-state index is 12.9. The average molecular weight is 382 g/mol. The maximum Gasteiger partial charge on any atom is 0.310 e. The SMILES string of the molecule is CC[C@H](C)OC(=O)[C@H]1CC=CC[C@H]1C(=O)Nc1sc2ccccc2c1C#N. The Morgan fingerprint density at radius 3 is 2.70 bits per heavy atom. The van der Waals surface area contributed by atoms with Crippen LogP contribution in [0.1, 0.15) is 38.7 Å². The lowest BCUT2D eigenvalue weighted by Crippen LogP contribution is -2.36. The van der Waals surface area contributed by atoms with E-state index >= 15 is 0 Å². The second kappa shape index (κ2) is 8.36. The molecule has 2 aromatic rings. The number of thiophene rings is 1. The summed E-state index contributed by atoms with van der Waals surface area (Å²) in [4.78, 5) is 25.4. The molecule has 27 heavy (non-hydrogen) atoms. The molecule has 0 aliphatic heterocycles. The van der Waals surface area contributed by atoms with Gasteiger partial charge < -0.3 is 10.1 Å². The number of fused-ring (bicyclic) bond motifs is 1. The number of esters is 1. The van der Waals surface area contributed by atoms with Gasteiger partial charge in [-0.3, -0.25) is 9.59 Å². The molecule has 3 rings (SSSR count). The van der Waals surface area contributed by atoms with Crippen molar-refractivity contribution in [2.24, 2.45) is 11.8 Å². The first kappa shape index (κ1) is 19.1. The van der Waals surface area contributed by atoms with Crippen molar-refractivity contribution in [3.05, 3.63) is 42.0 Å². The third kappa shape index (κ3) is 4.04. The van der Waals surface area contributed by atoms with E-state index in [0.717, 1.165) is 16.5 Å². The first-order chi connectivity index (χ1) is 13.0. The lowest BCUT2D eigenvalue weighted by molar-refractivity contribution is -0.157. The second-order valence-electron chi connectivity index (χ2n) is 6.71. The standard InChI is InChI=1S/C21H22N2O3S/c1-3-13(2)26-21(25)16-10-5-4-9-15(16)19(24)23-20-17(12-22)14-8-6-7-11-18(14)27-20/h4-8,11,13,15-16H,3,9-10H2,1-2H3,(H,23,24)/t13-,15+,16-/m0/s1. The normalized spacial score (nSPS) is 20.0. The summed E-state index contributed by atoms with van der Waals surface area (Å²) < 4.78 is 6.40. The van der Waals surface area contributed by atoms with Crippen LogP contribution >= 0.6 is 11.3 Å². The number of benzene rings is 1. The van der Waals surface area contributed by atoms with Gasteiger partial charge in [0.25, 0.3) is 0 Å². The molecule has 5 nitrogen and oxygen atoms in total. The molecule has 0 spiro atoms. The van der Waals surface area contributed by atoms with E-state index in [1.165, 1.54) is 11.3 Å². The molecule has 1 aliphatic carbocycles. The molecule has 1 N–H and O–H groups in total. The van der Waals surface area contributed by atoms with E-state index in [4.69, 9.17) is 4.74 Å². The highest BCUT2D eigenvalue weighted by atomic mass is 32.1. The topological polar surface area (TPSA) is 79.2 Å². The van der Waals surface area contributed by atoms with Crippen molar-refractivity contribution in [3.63, 3.8) is 0 Å². The van der Waals surface area contributed by atoms with Crippen molar-refractivity contribution in [2.75, 3.05) is 5.32 Å². The average Bonchev–Trinajstić information content (AvgIpc) is 3.04. The minimum atomic E-state index is -0.497. The molecular weight excluding hydrogens is 360 g/mol. The minimum Gasteiger partial charge on any atom is -0.462 e. The van der Waals surface area contributed by atoms with E-state index in [1.54, 1.807) is 0 Å². The van der Waals surface area contributed by atoms with Crippen molar-refractivity contribution in [3.8, 4) is 6.07 Å². The number of hydrogen-bond acceptors (Lipinski definition) is 5. The van der Waals surface area contributed by atoms with Crippen LogP contribution in [0.5, 0.6) is 0 Å². The first-order valence-corrected chi connectivity index (χ1v) is 9.94. The Morgan fingerprint density at radius 2 is 2.00 bits per heavy atom. The molecule has 0 saturated carbocycles. The van der Waals surface area contributed by atoms with E-state index < -0.39 is 11.8 Å². The minimum absolute atomic E-state index is 0.167. The van der Waals surface area contributed by atoms with Gasteiger partial charge in [0.05, 0.1) is 23.5 Å². The van der Waals surface area contributed by atoms with Gasteiger partial charge in [-0.05, 0) is 32.3 Å². The molecule has 0 fully saturated rings. The van der Waals surface area contributed by atoms with Crippen LogP contribution in [-0.4, -0.2) is 18.0 Å². The van der Waals surface area contributed by atoms with Crippen LogP contribution in [0.15, 0.2) is 36.4 Å². The smallest absolute Gasteiger partial charge is 0.310 e. The molecule has 1 aliphatic rings. The fraction of sp³-hybridized carbons (Fsp3) is 0.381. The molecule has 1 aromatic heterocycles. The zero-order chi connectivity index (χ0) is 19.4. The predicted molar refractivity (Wildman–Crippen MR) is 106 cm³/mol. The number of hydrogen-bond donors (Lipinski definition) is 1. The first-order valence-electron chi connectivity index (χ1n) is 9.13. The number of anilines is 1. The molecule has 1 amide bonds. The molecule has 140 valence electrons. The van der Waals surface area contributed by atoms with Gasteiger partial charge in [0.15, 0.2) is 0 Å². The zero-order valence-electron chi connectivity index (χ0n) is 15.4. The summed E-state index contributed by atoms with van der Waals surface area (Å²) in [5.41, 5.74) is 0.467. The third-order valence-corrected chi connectivity index (χ3v) is 5.99. The Balaban J connectivity index is 1.81. The molecular formula is C21H22N2O3S. The number of allylic oxidation sites excluding steroid dienone is 2. The fourth-order valence-corrected chi connectivity index (χ4v) is 4.24. The number of carbonyl (C=O) groups is 2. The highest BCUT2D eigenvalue weighted by molar-refractivity contribution is 7.23. The van der Waals surface area contributed by atoms with Gasteiger partial charge in [-0.1, -0.05) is 37.3 Å². The van der Waals surface area contributed by atoms with Gasteiger partial charge in [0.1, 0.15) is 11.1 Å².